The third-order valence-corrected chi connectivity index (χ3v) is 5.54. The van der Waals surface area contributed by atoms with Crippen LogP contribution in [0.25, 0.3) is 0 Å². The van der Waals surface area contributed by atoms with Gasteiger partial charge in [0.05, 0.1) is 24.2 Å². The van der Waals surface area contributed by atoms with E-state index in [0.717, 1.165) is 18.4 Å². The van der Waals surface area contributed by atoms with Gasteiger partial charge in [-0.1, -0.05) is 12.1 Å². The standard InChI is InChI=1S/C21H22FN3O4/c22-17-6-3-15(4-7-17)18-2-1-9-24(18)21(26)16-5-8-19(20(14-16)25(27)28)23-10-12-29-13-11-23/h3-8,14,18H,1-2,9-13H2. The van der Waals surface area contributed by atoms with E-state index in [4.69, 9.17) is 4.74 Å². The number of carbonyl (C=O) groups excluding carboxylic acids is 1. The van der Waals surface area contributed by atoms with Gasteiger partial charge in [-0.3, -0.25) is 14.9 Å². The average molecular weight is 399 g/mol. The number of morpholine rings is 1. The van der Waals surface area contributed by atoms with E-state index < -0.39 is 4.92 Å². The summed E-state index contributed by atoms with van der Waals surface area (Å²) in [7, 11) is 0. The summed E-state index contributed by atoms with van der Waals surface area (Å²) in [6.45, 7) is 2.76. The highest BCUT2D eigenvalue weighted by atomic mass is 19.1. The molecule has 0 bridgehead atoms. The molecule has 0 saturated carbocycles. The van der Waals surface area contributed by atoms with E-state index in [9.17, 15) is 19.3 Å². The van der Waals surface area contributed by atoms with Crippen molar-refractivity contribution in [3.63, 3.8) is 0 Å². The van der Waals surface area contributed by atoms with Crippen LogP contribution < -0.4 is 4.90 Å². The maximum atomic E-state index is 13.2. The van der Waals surface area contributed by atoms with Crippen molar-refractivity contribution >= 4 is 17.3 Å². The van der Waals surface area contributed by atoms with E-state index >= 15 is 0 Å². The van der Waals surface area contributed by atoms with Crippen LogP contribution in [0, 0.1) is 15.9 Å². The fraction of sp³-hybridized carbons (Fsp3) is 0.381. The lowest BCUT2D eigenvalue weighted by atomic mass is 10.0. The van der Waals surface area contributed by atoms with Gasteiger partial charge in [0.1, 0.15) is 11.5 Å². The molecule has 7 nitrogen and oxygen atoms in total. The molecule has 2 heterocycles. The van der Waals surface area contributed by atoms with E-state index in [-0.39, 0.29) is 23.5 Å². The van der Waals surface area contributed by atoms with Crippen LogP contribution in [0.15, 0.2) is 42.5 Å². The summed E-state index contributed by atoms with van der Waals surface area (Å²) in [6, 6.07) is 10.7. The van der Waals surface area contributed by atoms with E-state index in [1.165, 1.54) is 18.2 Å². The molecule has 1 atom stereocenters. The van der Waals surface area contributed by atoms with Crippen molar-refractivity contribution in [2.24, 2.45) is 0 Å². The van der Waals surface area contributed by atoms with Gasteiger partial charge in [0, 0.05) is 31.3 Å². The van der Waals surface area contributed by atoms with Crippen LogP contribution in [0.5, 0.6) is 0 Å². The van der Waals surface area contributed by atoms with Crippen molar-refractivity contribution in [1.82, 2.24) is 4.90 Å². The Labute approximate surface area is 167 Å². The number of ether oxygens (including phenoxy) is 1. The Morgan fingerprint density at radius 1 is 1.10 bits per heavy atom. The van der Waals surface area contributed by atoms with Crippen molar-refractivity contribution in [3.8, 4) is 0 Å². The fourth-order valence-corrected chi connectivity index (χ4v) is 4.08. The molecule has 0 N–H and O–H groups in total. The summed E-state index contributed by atoms with van der Waals surface area (Å²) in [5.74, 6) is -0.563. The molecule has 8 heteroatoms. The second-order valence-electron chi connectivity index (χ2n) is 7.27. The zero-order valence-corrected chi connectivity index (χ0v) is 15.9. The third-order valence-electron chi connectivity index (χ3n) is 5.54. The molecule has 0 aliphatic carbocycles. The van der Waals surface area contributed by atoms with Gasteiger partial charge in [0.15, 0.2) is 0 Å². The normalized spacial score (nSPS) is 19.4. The predicted molar refractivity (Wildman–Crippen MR) is 106 cm³/mol. The number of likely N-dealkylation sites (tertiary alicyclic amines) is 1. The monoisotopic (exact) mass is 399 g/mol. The average Bonchev–Trinajstić information content (AvgIpc) is 3.24. The Kier molecular flexibility index (Phi) is 5.44. The first-order valence-corrected chi connectivity index (χ1v) is 9.72. The number of nitrogens with zero attached hydrogens (tertiary/aromatic N) is 3. The third kappa shape index (κ3) is 3.93. The molecule has 2 aromatic carbocycles. The van der Waals surface area contributed by atoms with Gasteiger partial charge in [-0.2, -0.15) is 0 Å². The summed E-state index contributed by atoms with van der Waals surface area (Å²) >= 11 is 0. The Morgan fingerprint density at radius 2 is 1.83 bits per heavy atom. The van der Waals surface area contributed by atoms with Crippen LogP contribution in [-0.2, 0) is 4.74 Å². The Morgan fingerprint density at radius 3 is 2.52 bits per heavy atom. The molecule has 1 amide bonds. The van der Waals surface area contributed by atoms with Crippen LogP contribution in [0.2, 0.25) is 0 Å². The lowest BCUT2D eigenvalue weighted by Crippen LogP contribution is -2.36. The topological polar surface area (TPSA) is 75.9 Å². The number of nitro benzene ring substituents is 1. The number of rotatable bonds is 4. The summed E-state index contributed by atoms with van der Waals surface area (Å²) < 4.78 is 18.6. The molecule has 0 spiro atoms. The van der Waals surface area contributed by atoms with Crippen molar-refractivity contribution in [2.45, 2.75) is 18.9 Å². The van der Waals surface area contributed by atoms with Gasteiger partial charge >= 0.3 is 0 Å². The highest BCUT2D eigenvalue weighted by Crippen LogP contribution is 2.35. The minimum atomic E-state index is -0.441. The summed E-state index contributed by atoms with van der Waals surface area (Å²) in [4.78, 5) is 28.0. The van der Waals surface area contributed by atoms with E-state index in [2.05, 4.69) is 0 Å². The zero-order valence-electron chi connectivity index (χ0n) is 15.9. The Hall–Kier alpha value is -3.00. The number of halogens is 1. The number of hydrogen-bond acceptors (Lipinski definition) is 5. The van der Waals surface area contributed by atoms with Crippen LogP contribution >= 0.6 is 0 Å². The summed E-state index contributed by atoms with van der Waals surface area (Å²) in [5, 5.41) is 11.7. The van der Waals surface area contributed by atoms with Gasteiger partial charge in [-0.15, -0.1) is 0 Å². The summed E-state index contributed by atoms with van der Waals surface area (Å²) in [5.41, 5.74) is 1.60. The minimum Gasteiger partial charge on any atom is -0.378 e. The Balaban J connectivity index is 1.61. The Bertz CT molecular complexity index is 913. The number of amides is 1. The molecule has 2 aromatic rings. The predicted octanol–water partition coefficient (Wildman–Crippen LogP) is 3.55. The van der Waals surface area contributed by atoms with Crippen LogP contribution in [0.3, 0.4) is 0 Å². The first kappa shape index (κ1) is 19.3. The lowest BCUT2D eigenvalue weighted by molar-refractivity contribution is -0.384. The molecule has 152 valence electrons. The van der Waals surface area contributed by atoms with Crippen LogP contribution in [0.4, 0.5) is 15.8 Å². The second-order valence-corrected chi connectivity index (χ2v) is 7.27. The van der Waals surface area contributed by atoms with Crippen molar-refractivity contribution in [1.29, 1.82) is 0 Å². The molecule has 2 saturated heterocycles. The first-order valence-electron chi connectivity index (χ1n) is 9.72. The molecule has 0 aromatic heterocycles. The van der Waals surface area contributed by atoms with Crippen LogP contribution in [-0.4, -0.2) is 48.6 Å². The van der Waals surface area contributed by atoms with Gasteiger partial charge < -0.3 is 14.5 Å². The number of anilines is 1. The van der Waals surface area contributed by atoms with Gasteiger partial charge in [0.2, 0.25) is 0 Å². The molecular formula is C21H22FN3O4. The van der Waals surface area contributed by atoms with Crippen molar-refractivity contribution < 1.29 is 18.8 Å². The highest BCUT2D eigenvalue weighted by molar-refractivity contribution is 5.96. The maximum Gasteiger partial charge on any atom is 0.293 e. The van der Waals surface area contributed by atoms with E-state index in [0.29, 0.717) is 44.1 Å². The number of carbonyl (C=O) groups is 1. The summed E-state index contributed by atoms with van der Waals surface area (Å²) in [6.07, 6.45) is 1.62. The molecule has 1 unspecified atom stereocenters. The zero-order chi connectivity index (χ0) is 20.4. The first-order chi connectivity index (χ1) is 14.0. The largest absolute Gasteiger partial charge is 0.378 e. The molecule has 2 aliphatic rings. The molecular weight excluding hydrogens is 377 g/mol. The van der Waals surface area contributed by atoms with Gasteiger partial charge in [0.25, 0.3) is 11.6 Å². The second kappa shape index (κ2) is 8.16. The number of hydrogen-bond donors (Lipinski definition) is 0. The number of nitro groups is 1. The molecule has 2 aliphatic heterocycles. The highest BCUT2D eigenvalue weighted by Gasteiger charge is 2.32. The maximum absolute atomic E-state index is 13.2. The lowest BCUT2D eigenvalue weighted by Gasteiger charge is -2.29. The quantitative estimate of drug-likeness (QED) is 0.581. The van der Waals surface area contributed by atoms with Gasteiger partial charge in [-0.25, -0.2) is 4.39 Å². The van der Waals surface area contributed by atoms with Gasteiger partial charge in [-0.05, 0) is 42.7 Å². The molecule has 2 fully saturated rings. The van der Waals surface area contributed by atoms with E-state index in [1.807, 2.05) is 4.90 Å². The van der Waals surface area contributed by atoms with E-state index in [1.54, 1.807) is 29.2 Å². The van der Waals surface area contributed by atoms with Crippen molar-refractivity contribution in [3.05, 3.63) is 69.5 Å². The SMILES string of the molecule is O=C(c1ccc(N2CCOCC2)c([N+](=O)[O-])c1)N1CCCC1c1ccc(F)cc1. The smallest absolute Gasteiger partial charge is 0.293 e. The minimum absolute atomic E-state index is 0.0738. The molecule has 4 rings (SSSR count). The molecule has 29 heavy (non-hydrogen) atoms. The fourth-order valence-electron chi connectivity index (χ4n) is 4.08. The number of benzene rings is 2. The molecule has 0 radical (unpaired) electrons. The van der Waals surface area contributed by atoms with Crippen LogP contribution in [0.1, 0.15) is 34.8 Å². The van der Waals surface area contributed by atoms with Crippen molar-refractivity contribution in [2.75, 3.05) is 37.7 Å².